The van der Waals surface area contributed by atoms with Crippen LogP contribution >= 0.6 is 0 Å². The predicted molar refractivity (Wildman–Crippen MR) is 104 cm³/mol. The Morgan fingerprint density at radius 2 is 2.03 bits per heavy atom. The van der Waals surface area contributed by atoms with Crippen LogP contribution in [-0.4, -0.2) is 73.2 Å². The molecule has 0 aliphatic rings. The number of nitrogens with zero attached hydrogens (tertiary/aromatic N) is 5. The van der Waals surface area contributed by atoms with Crippen LogP contribution < -0.4 is 5.73 Å². The van der Waals surface area contributed by atoms with Gasteiger partial charge in [0.25, 0.3) is 0 Å². The summed E-state index contributed by atoms with van der Waals surface area (Å²) in [7, 11) is -1.78. The van der Waals surface area contributed by atoms with E-state index in [2.05, 4.69) is 20.2 Å². The lowest BCUT2D eigenvalue weighted by Gasteiger charge is -2.22. The Morgan fingerprint density at radius 1 is 1.28 bits per heavy atom. The van der Waals surface area contributed by atoms with E-state index in [0.717, 1.165) is 5.56 Å². The number of tetrazole rings is 1. The third-order valence-electron chi connectivity index (χ3n) is 4.29. The maximum absolute atomic E-state index is 12.7. The van der Waals surface area contributed by atoms with Crippen LogP contribution in [0.5, 0.6) is 0 Å². The molecule has 5 N–H and O–H groups in total. The smallest absolute Gasteiger partial charge is 0.402 e. The van der Waals surface area contributed by atoms with Gasteiger partial charge in [-0.05, 0) is 35.3 Å². The summed E-state index contributed by atoms with van der Waals surface area (Å²) in [5.74, 6) is 0.166. The zero-order valence-corrected chi connectivity index (χ0v) is 16.2. The molecule has 1 heterocycles. The first-order chi connectivity index (χ1) is 14.0. The van der Waals surface area contributed by atoms with E-state index in [9.17, 15) is 9.90 Å². The summed E-state index contributed by atoms with van der Waals surface area (Å²) in [6.07, 6.45) is 1.80. The van der Waals surface area contributed by atoms with Crippen LogP contribution in [0, 0.1) is 0 Å². The third kappa shape index (κ3) is 7.87. The number of aromatic nitrogens is 4. The molecular weight excluding hydrogens is 379 g/mol. The molecule has 0 saturated heterocycles. The Balaban J connectivity index is 1.91. The van der Waals surface area contributed by atoms with E-state index in [1.54, 1.807) is 4.90 Å². The van der Waals surface area contributed by atoms with Crippen molar-refractivity contribution in [2.75, 3.05) is 19.8 Å². The second-order valence-corrected chi connectivity index (χ2v) is 6.52. The number of hydrogen-bond acceptors (Lipinski definition) is 9. The van der Waals surface area contributed by atoms with Crippen LogP contribution in [0.1, 0.15) is 36.7 Å². The van der Waals surface area contributed by atoms with Crippen molar-refractivity contribution in [2.24, 2.45) is 5.73 Å². The quantitative estimate of drug-likeness (QED) is 0.238. The number of rotatable bonds is 13. The molecule has 1 atom stereocenters. The molecule has 11 nitrogen and oxygen atoms in total. The minimum Gasteiger partial charge on any atom is -0.402 e. The van der Waals surface area contributed by atoms with Crippen LogP contribution in [0.25, 0.3) is 0 Å². The lowest BCUT2D eigenvalue weighted by atomic mass is 10.1. The molecule has 0 fully saturated rings. The lowest BCUT2D eigenvalue weighted by Crippen LogP contribution is -2.36. The van der Waals surface area contributed by atoms with Crippen molar-refractivity contribution < 1.29 is 24.6 Å². The molecule has 1 aromatic heterocycles. The van der Waals surface area contributed by atoms with Gasteiger partial charge in [-0.2, -0.15) is 0 Å². The fourth-order valence-corrected chi connectivity index (χ4v) is 2.82. The maximum atomic E-state index is 12.7. The zero-order valence-electron chi connectivity index (χ0n) is 16.2. The van der Waals surface area contributed by atoms with Crippen molar-refractivity contribution in [3.63, 3.8) is 0 Å². The number of carbonyl (C=O) groups is 1. The first kappa shape index (κ1) is 22.9. The van der Waals surface area contributed by atoms with E-state index < -0.39 is 13.4 Å². The first-order valence-electron chi connectivity index (χ1n) is 9.43. The number of benzene rings is 1. The van der Waals surface area contributed by atoms with Crippen molar-refractivity contribution >= 4 is 13.2 Å². The van der Waals surface area contributed by atoms with E-state index in [1.165, 1.54) is 4.68 Å². The molecule has 0 spiro atoms. The standard InChI is InChI=1S/C17H27BN6O5/c19-15(8-4-5-11-29-18(27)28)17-20-21-22-24(17)13-16(26)23(9-10-25)12-14-6-2-1-3-7-14/h1-3,6-7,15,25,27-28H,4-5,8-13,19H2. The molecule has 0 radical (unpaired) electrons. The van der Waals surface area contributed by atoms with E-state index in [0.29, 0.717) is 31.6 Å². The number of amides is 1. The lowest BCUT2D eigenvalue weighted by molar-refractivity contribution is -0.133. The van der Waals surface area contributed by atoms with Crippen LogP contribution in [0.15, 0.2) is 30.3 Å². The van der Waals surface area contributed by atoms with E-state index in [4.69, 9.17) is 15.8 Å². The van der Waals surface area contributed by atoms with Crippen LogP contribution in [0.4, 0.5) is 0 Å². The van der Waals surface area contributed by atoms with E-state index >= 15 is 0 Å². The number of unbranched alkanes of at least 4 members (excludes halogenated alkanes) is 1. The molecule has 1 aromatic carbocycles. The summed E-state index contributed by atoms with van der Waals surface area (Å²) in [6.45, 7) is 0.547. The van der Waals surface area contributed by atoms with Gasteiger partial charge in [0.1, 0.15) is 6.54 Å². The average molecular weight is 406 g/mol. The Hall–Kier alpha value is -2.38. The number of nitrogens with two attached hydrogens (primary N) is 1. The molecule has 12 heteroatoms. The summed E-state index contributed by atoms with van der Waals surface area (Å²) in [4.78, 5) is 14.3. The van der Waals surface area contributed by atoms with Gasteiger partial charge in [-0.25, -0.2) is 4.68 Å². The number of aliphatic hydroxyl groups excluding tert-OH is 1. The third-order valence-corrected chi connectivity index (χ3v) is 4.29. The fourth-order valence-electron chi connectivity index (χ4n) is 2.82. The molecular formula is C17H27BN6O5. The Kier molecular flexibility index (Phi) is 9.67. The van der Waals surface area contributed by atoms with Gasteiger partial charge in [-0.3, -0.25) is 4.79 Å². The Morgan fingerprint density at radius 3 is 2.72 bits per heavy atom. The Bertz CT molecular complexity index is 732. The Labute approximate surface area is 169 Å². The minimum absolute atomic E-state index is 0.0807. The number of carbonyl (C=O) groups excluding carboxylic acids is 1. The average Bonchev–Trinajstić information content (AvgIpc) is 3.16. The van der Waals surface area contributed by atoms with Gasteiger partial charge < -0.3 is 30.4 Å². The summed E-state index contributed by atoms with van der Waals surface area (Å²) in [5.41, 5.74) is 7.11. The minimum atomic E-state index is -1.78. The SMILES string of the molecule is NC(CCCCOB(O)O)c1nnnn1CC(=O)N(CCO)Cc1ccccc1. The maximum Gasteiger partial charge on any atom is 0.633 e. The van der Waals surface area contributed by atoms with Gasteiger partial charge in [0.2, 0.25) is 5.91 Å². The second-order valence-electron chi connectivity index (χ2n) is 6.52. The highest BCUT2D eigenvalue weighted by Gasteiger charge is 2.20. The van der Waals surface area contributed by atoms with Gasteiger partial charge in [0.15, 0.2) is 5.82 Å². The molecule has 2 aromatic rings. The topological polar surface area (TPSA) is 160 Å². The van der Waals surface area contributed by atoms with Crippen molar-refractivity contribution in [1.82, 2.24) is 25.1 Å². The summed E-state index contributed by atoms with van der Waals surface area (Å²) in [6, 6.07) is 9.03. The summed E-state index contributed by atoms with van der Waals surface area (Å²) < 4.78 is 6.01. The van der Waals surface area contributed by atoms with Crippen molar-refractivity contribution in [3.8, 4) is 0 Å². The number of hydrogen-bond donors (Lipinski definition) is 4. The fraction of sp³-hybridized carbons (Fsp3) is 0.529. The molecule has 0 aliphatic carbocycles. The number of aliphatic hydroxyl groups is 1. The predicted octanol–water partition coefficient (Wildman–Crippen LogP) is -1.15. The highest BCUT2D eigenvalue weighted by Crippen LogP contribution is 2.14. The van der Waals surface area contributed by atoms with Gasteiger partial charge in [0.05, 0.1) is 12.6 Å². The molecule has 0 bridgehead atoms. The highest BCUT2D eigenvalue weighted by atomic mass is 16.6. The largest absolute Gasteiger partial charge is 0.633 e. The first-order valence-corrected chi connectivity index (χ1v) is 9.43. The second kappa shape index (κ2) is 12.2. The normalized spacial score (nSPS) is 12.0. The molecule has 0 saturated carbocycles. The van der Waals surface area contributed by atoms with Gasteiger partial charge >= 0.3 is 7.32 Å². The molecule has 0 aliphatic heterocycles. The van der Waals surface area contributed by atoms with Gasteiger partial charge in [-0.15, -0.1) is 5.10 Å². The summed E-state index contributed by atoms with van der Waals surface area (Å²) >= 11 is 0. The molecule has 1 unspecified atom stereocenters. The van der Waals surface area contributed by atoms with E-state index in [-0.39, 0.29) is 32.2 Å². The molecule has 158 valence electrons. The molecule has 1 amide bonds. The van der Waals surface area contributed by atoms with Crippen LogP contribution in [-0.2, 0) is 22.5 Å². The monoisotopic (exact) mass is 406 g/mol. The van der Waals surface area contributed by atoms with Gasteiger partial charge in [0, 0.05) is 19.7 Å². The van der Waals surface area contributed by atoms with Crippen molar-refractivity contribution in [1.29, 1.82) is 0 Å². The molecule has 29 heavy (non-hydrogen) atoms. The van der Waals surface area contributed by atoms with Crippen LogP contribution in [0.2, 0.25) is 0 Å². The van der Waals surface area contributed by atoms with Crippen LogP contribution in [0.3, 0.4) is 0 Å². The van der Waals surface area contributed by atoms with E-state index in [1.807, 2.05) is 30.3 Å². The summed E-state index contributed by atoms with van der Waals surface area (Å²) in [5, 5.41) is 38.0. The zero-order chi connectivity index (χ0) is 21.1. The highest BCUT2D eigenvalue weighted by molar-refractivity contribution is 6.32. The molecule has 2 rings (SSSR count). The van der Waals surface area contributed by atoms with Gasteiger partial charge in [-0.1, -0.05) is 30.3 Å². The van der Waals surface area contributed by atoms with Crippen molar-refractivity contribution in [3.05, 3.63) is 41.7 Å². The van der Waals surface area contributed by atoms with Crippen molar-refractivity contribution in [2.45, 2.75) is 38.4 Å².